The molecule has 0 saturated heterocycles. The van der Waals surface area contributed by atoms with E-state index in [4.69, 9.17) is 5.11 Å². The molecule has 0 spiro atoms. The van der Waals surface area contributed by atoms with Crippen LogP contribution >= 0.6 is 11.8 Å². The van der Waals surface area contributed by atoms with Crippen LogP contribution in [0.2, 0.25) is 0 Å². The molecule has 0 bridgehead atoms. The highest BCUT2D eigenvalue weighted by Crippen LogP contribution is 2.17. The van der Waals surface area contributed by atoms with Crippen LogP contribution < -0.4 is 5.32 Å². The fraction of sp³-hybridized carbons (Fsp3) is 0.588. The summed E-state index contributed by atoms with van der Waals surface area (Å²) in [6.07, 6.45) is 2.76. The SMILES string of the molecule is Cc1ccc(SCCNC(C)CCCC(C)C(=O)O)cc1. The summed E-state index contributed by atoms with van der Waals surface area (Å²) in [4.78, 5) is 12.0. The molecule has 0 aliphatic rings. The molecule has 4 heteroatoms. The van der Waals surface area contributed by atoms with Crippen LogP contribution in [-0.4, -0.2) is 29.4 Å². The van der Waals surface area contributed by atoms with Crippen LogP contribution in [0.25, 0.3) is 0 Å². The first kappa shape index (κ1) is 18.1. The molecule has 1 aromatic carbocycles. The van der Waals surface area contributed by atoms with Gasteiger partial charge in [-0.3, -0.25) is 4.79 Å². The van der Waals surface area contributed by atoms with Crippen molar-refractivity contribution in [2.45, 2.75) is 51.0 Å². The van der Waals surface area contributed by atoms with Gasteiger partial charge >= 0.3 is 5.97 Å². The fourth-order valence-electron chi connectivity index (χ4n) is 2.06. The van der Waals surface area contributed by atoms with E-state index in [1.807, 2.05) is 11.8 Å². The summed E-state index contributed by atoms with van der Waals surface area (Å²) < 4.78 is 0. The maximum absolute atomic E-state index is 10.7. The predicted molar refractivity (Wildman–Crippen MR) is 90.0 cm³/mol. The minimum Gasteiger partial charge on any atom is -0.481 e. The van der Waals surface area contributed by atoms with E-state index in [0.717, 1.165) is 31.6 Å². The zero-order valence-electron chi connectivity index (χ0n) is 13.3. The lowest BCUT2D eigenvalue weighted by Crippen LogP contribution is -2.28. The zero-order chi connectivity index (χ0) is 15.7. The number of hydrogen-bond donors (Lipinski definition) is 2. The molecule has 2 atom stereocenters. The Hall–Kier alpha value is -1.00. The molecular formula is C17H27NO2S. The van der Waals surface area contributed by atoms with Crippen LogP contribution in [0.4, 0.5) is 0 Å². The van der Waals surface area contributed by atoms with Crippen molar-refractivity contribution in [2.75, 3.05) is 12.3 Å². The van der Waals surface area contributed by atoms with Gasteiger partial charge in [-0.15, -0.1) is 11.8 Å². The van der Waals surface area contributed by atoms with Gasteiger partial charge in [-0.25, -0.2) is 0 Å². The molecule has 0 aliphatic heterocycles. The molecule has 0 aromatic heterocycles. The van der Waals surface area contributed by atoms with Crippen LogP contribution in [0, 0.1) is 12.8 Å². The van der Waals surface area contributed by atoms with Gasteiger partial charge in [0.15, 0.2) is 0 Å². The third-order valence-corrected chi connectivity index (χ3v) is 4.59. The molecule has 0 aliphatic carbocycles. The molecular weight excluding hydrogens is 282 g/mol. The molecule has 21 heavy (non-hydrogen) atoms. The van der Waals surface area contributed by atoms with Crippen molar-refractivity contribution in [1.82, 2.24) is 5.32 Å². The Kier molecular flexibility index (Phi) is 8.47. The van der Waals surface area contributed by atoms with E-state index >= 15 is 0 Å². The van der Waals surface area contributed by atoms with Gasteiger partial charge in [0.1, 0.15) is 0 Å². The Morgan fingerprint density at radius 1 is 1.24 bits per heavy atom. The molecule has 0 fully saturated rings. The molecule has 0 radical (unpaired) electrons. The van der Waals surface area contributed by atoms with E-state index in [0.29, 0.717) is 6.04 Å². The van der Waals surface area contributed by atoms with Crippen molar-refractivity contribution in [3.05, 3.63) is 29.8 Å². The first-order valence-corrected chi connectivity index (χ1v) is 8.63. The zero-order valence-corrected chi connectivity index (χ0v) is 14.1. The summed E-state index contributed by atoms with van der Waals surface area (Å²) in [5.74, 6) is 0.137. The lowest BCUT2D eigenvalue weighted by atomic mass is 10.0. The summed E-state index contributed by atoms with van der Waals surface area (Å²) in [5, 5.41) is 12.3. The number of thioether (sulfide) groups is 1. The van der Waals surface area contributed by atoms with Gasteiger partial charge in [0.25, 0.3) is 0 Å². The summed E-state index contributed by atoms with van der Waals surface area (Å²) >= 11 is 1.86. The lowest BCUT2D eigenvalue weighted by molar-refractivity contribution is -0.141. The average molecular weight is 309 g/mol. The van der Waals surface area contributed by atoms with Gasteiger partial charge in [0.05, 0.1) is 5.92 Å². The normalized spacial score (nSPS) is 13.9. The number of aliphatic carboxylic acids is 1. The summed E-state index contributed by atoms with van der Waals surface area (Å²) in [6.45, 7) is 7.03. The Morgan fingerprint density at radius 2 is 1.90 bits per heavy atom. The van der Waals surface area contributed by atoms with E-state index in [2.05, 4.69) is 43.4 Å². The van der Waals surface area contributed by atoms with Gasteiger partial charge in [-0.05, 0) is 38.8 Å². The largest absolute Gasteiger partial charge is 0.481 e. The Balaban J connectivity index is 2.06. The molecule has 1 rings (SSSR count). The third kappa shape index (κ3) is 8.12. The topological polar surface area (TPSA) is 49.3 Å². The molecule has 2 unspecified atom stereocenters. The quantitative estimate of drug-likeness (QED) is 0.507. The number of benzene rings is 1. The second-order valence-electron chi connectivity index (χ2n) is 5.69. The summed E-state index contributed by atoms with van der Waals surface area (Å²) in [7, 11) is 0. The maximum Gasteiger partial charge on any atom is 0.306 e. The monoisotopic (exact) mass is 309 g/mol. The first-order valence-electron chi connectivity index (χ1n) is 7.64. The van der Waals surface area contributed by atoms with Crippen LogP contribution in [0.3, 0.4) is 0 Å². The number of aryl methyl sites for hydroxylation is 1. The van der Waals surface area contributed by atoms with Gasteiger partial charge in [0, 0.05) is 23.2 Å². The maximum atomic E-state index is 10.7. The number of nitrogens with one attached hydrogen (secondary N) is 1. The highest BCUT2D eigenvalue weighted by molar-refractivity contribution is 7.99. The number of rotatable bonds is 10. The van der Waals surface area contributed by atoms with Gasteiger partial charge in [-0.2, -0.15) is 0 Å². The van der Waals surface area contributed by atoms with Crippen LogP contribution in [-0.2, 0) is 4.79 Å². The molecule has 118 valence electrons. The molecule has 0 amide bonds. The van der Waals surface area contributed by atoms with Crippen molar-refractivity contribution in [2.24, 2.45) is 5.92 Å². The molecule has 2 N–H and O–H groups in total. The average Bonchev–Trinajstić information content (AvgIpc) is 2.45. The van der Waals surface area contributed by atoms with Gasteiger partial charge < -0.3 is 10.4 Å². The van der Waals surface area contributed by atoms with Gasteiger partial charge in [-0.1, -0.05) is 31.0 Å². The van der Waals surface area contributed by atoms with E-state index in [1.165, 1.54) is 10.5 Å². The van der Waals surface area contributed by atoms with E-state index in [-0.39, 0.29) is 5.92 Å². The molecule has 3 nitrogen and oxygen atoms in total. The van der Waals surface area contributed by atoms with Crippen molar-refractivity contribution >= 4 is 17.7 Å². The van der Waals surface area contributed by atoms with Crippen LogP contribution in [0.1, 0.15) is 38.7 Å². The second kappa shape index (κ2) is 9.85. The van der Waals surface area contributed by atoms with Crippen molar-refractivity contribution in [1.29, 1.82) is 0 Å². The minimum absolute atomic E-state index is 0.228. The first-order chi connectivity index (χ1) is 9.99. The third-order valence-electron chi connectivity index (χ3n) is 3.58. The predicted octanol–water partition coefficient (Wildman–Crippen LogP) is 3.96. The van der Waals surface area contributed by atoms with Crippen molar-refractivity contribution in [3.63, 3.8) is 0 Å². The van der Waals surface area contributed by atoms with Gasteiger partial charge in [0.2, 0.25) is 0 Å². The Bertz CT molecular complexity index is 419. The van der Waals surface area contributed by atoms with E-state index in [9.17, 15) is 4.79 Å². The number of hydrogen-bond acceptors (Lipinski definition) is 3. The number of carboxylic acid groups (broad SMARTS) is 1. The highest BCUT2D eigenvalue weighted by atomic mass is 32.2. The second-order valence-corrected chi connectivity index (χ2v) is 6.86. The smallest absolute Gasteiger partial charge is 0.306 e. The number of carboxylic acids is 1. The van der Waals surface area contributed by atoms with Crippen LogP contribution in [0.5, 0.6) is 0 Å². The standard InChI is InChI=1S/C17H27NO2S/c1-13-7-9-16(10-8-13)21-12-11-18-15(3)6-4-5-14(2)17(19)20/h7-10,14-15,18H,4-6,11-12H2,1-3H3,(H,19,20). The summed E-state index contributed by atoms with van der Waals surface area (Å²) in [6, 6.07) is 9.06. The summed E-state index contributed by atoms with van der Waals surface area (Å²) in [5.41, 5.74) is 1.29. The lowest BCUT2D eigenvalue weighted by Gasteiger charge is -2.14. The van der Waals surface area contributed by atoms with Crippen molar-refractivity contribution < 1.29 is 9.90 Å². The molecule has 0 saturated carbocycles. The molecule has 0 heterocycles. The van der Waals surface area contributed by atoms with Crippen molar-refractivity contribution in [3.8, 4) is 0 Å². The highest BCUT2D eigenvalue weighted by Gasteiger charge is 2.10. The van der Waals surface area contributed by atoms with E-state index < -0.39 is 5.97 Å². The fourth-order valence-corrected chi connectivity index (χ4v) is 2.85. The Morgan fingerprint density at radius 3 is 2.52 bits per heavy atom. The van der Waals surface area contributed by atoms with Crippen LogP contribution in [0.15, 0.2) is 29.2 Å². The number of carbonyl (C=O) groups is 1. The Labute approximate surface area is 132 Å². The minimum atomic E-state index is -0.690. The van der Waals surface area contributed by atoms with E-state index in [1.54, 1.807) is 6.92 Å². The molecule has 1 aromatic rings.